The van der Waals surface area contributed by atoms with Gasteiger partial charge in [-0.05, 0) is 37.1 Å². The summed E-state index contributed by atoms with van der Waals surface area (Å²) >= 11 is 0. The van der Waals surface area contributed by atoms with Gasteiger partial charge in [0.2, 0.25) is 0 Å². The second-order valence-corrected chi connectivity index (χ2v) is 4.47. The van der Waals surface area contributed by atoms with E-state index in [1.54, 1.807) is 0 Å². The largest absolute Gasteiger partial charge is 0.322 e. The van der Waals surface area contributed by atoms with Gasteiger partial charge in [0.25, 0.3) is 0 Å². The third-order valence-electron chi connectivity index (χ3n) is 3.16. The van der Waals surface area contributed by atoms with E-state index < -0.39 is 0 Å². The summed E-state index contributed by atoms with van der Waals surface area (Å²) in [6.07, 6.45) is 0. The Morgan fingerprint density at radius 3 is 2.59 bits per heavy atom. The van der Waals surface area contributed by atoms with Crippen molar-refractivity contribution < 1.29 is 4.79 Å². The molecule has 17 heavy (non-hydrogen) atoms. The molecule has 1 aromatic carbocycles. The van der Waals surface area contributed by atoms with Gasteiger partial charge >= 0.3 is 6.03 Å². The Kier molecular flexibility index (Phi) is 3.64. The van der Waals surface area contributed by atoms with E-state index in [0.29, 0.717) is 0 Å². The molecule has 0 bridgehead atoms. The standard InChI is InChI=1S/C13H19N3O/c1-10-3-4-12(9-11(10)2)15-13(17)16-7-5-14-6-8-16/h3-4,9,14H,5-8H2,1-2H3,(H,15,17). The third kappa shape index (κ3) is 2.97. The summed E-state index contributed by atoms with van der Waals surface area (Å²) in [6, 6.07) is 5.98. The third-order valence-corrected chi connectivity index (χ3v) is 3.16. The molecule has 1 aromatic rings. The van der Waals surface area contributed by atoms with Gasteiger partial charge in [-0.3, -0.25) is 0 Å². The van der Waals surface area contributed by atoms with Gasteiger partial charge in [0.05, 0.1) is 0 Å². The van der Waals surface area contributed by atoms with Crippen molar-refractivity contribution in [3.8, 4) is 0 Å². The van der Waals surface area contributed by atoms with E-state index in [0.717, 1.165) is 31.9 Å². The lowest BCUT2D eigenvalue weighted by atomic mass is 10.1. The predicted octanol–water partition coefficient (Wildman–Crippen LogP) is 1.74. The van der Waals surface area contributed by atoms with Crippen LogP contribution in [-0.2, 0) is 0 Å². The number of nitrogens with one attached hydrogen (secondary N) is 2. The molecule has 4 nitrogen and oxygen atoms in total. The van der Waals surface area contributed by atoms with Gasteiger partial charge in [0, 0.05) is 31.9 Å². The smallest absolute Gasteiger partial charge is 0.321 e. The molecule has 2 rings (SSSR count). The molecule has 0 aromatic heterocycles. The molecule has 4 heteroatoms. The zero-order valence-corrected chi connectivity index (χ0v) is 10.4. The van der Waals surface area contributed by atoms with Crippen LogP contribution in [-0.4, -0.2) is 37.1 Å². The lowest BCUT2D eigenvalue weighted by molar-refractivity contribution is 0.204. The van der Waals surface area contributed by atoms with Crippen LogP contribution in [0.3, 0.4) is 0 Å². The van der Waals surface area contributed by atoms with Crippen molar-refractivity contribution in [1.29, 1.82) is 0 Å². The fourth-order valence-electron chi connectivity index (χ4n) is 1.89. The molecule has 0 saturated carbocycles. The summed E-state index contributed by atoms with van der Waals surface area (Å²) in [7, 11) is 0. The molecular weight excluding hydrogens is 214 g/mol. The topological polar surface area (TPSA) is 44.4 Å². The molecule has 1 heterocycles. The lowest BCUT2D eigenvalue weighted by Crippen LogP contribution is -2.48. The van der Waals surface area contributed by atoms with Crippen molar-refractivity contribution >= 4 is 11.7 Å². The minimum absolute atomic E-state index is 0.00486. The van der Waals surface area contributed by atoms with Gasteiger partial charge in [0.15, 0.2) is 0 Å². The maximum atomic E-state index is 12.0. The Balaban J connectivity index is 1.99. The molecule has 0 spiro atoms. The average Bonchev–Trinajstić information content (AvgIpc) is 2.35. The van der Waals surface area contributed by atoms with E-state index in [-0.39, 0.29) is 6.03 Å². The number of urea groups is 1. The van der Waals surface area contributed by atoms with Crippen LogP contribution in [0.25, 0.3) is 0 Å². The molecule has 2 N–H and O–H groups in total. The summed E-state index contributed by atoms with van der Waals surface area (Å²) < 4.78 is 0. The van der Waals surface area contributed by atoms with Gasteiger partial charge in [0.1, 0.15) is 0 Å². The van der Waals surface area contributed by atoms with Gasteiger partial charge in [-0.1, -0.05) is 6.07 Å². The van der Waals surface area contributed by atoms with E-state index in [4.69, 9.17) is 0 Å². The highest BCUT2D eigenvalue weighted by molar-refractivity contribution is 5.89. The number of nitrogens with zero attached hydrogens (tertiary/aromatic N) is 1. The van der Waals surface area contributed by atoms with E-state index in [1.807, 2.05) is 23.1 Å². The van der Waals surface area contributed by atoms with Gasteiger partial charge in [-0.2, -0.15) is 0 Å². The van der Waals surface area contributed by atoms with Gasteiger partial charge in [-0.15, -0.1) is 0 Å². The van der Waals surface area contributed by atoms with Crippen LogP contribution in [0.2, 0.25) is 0 Å². The summed E-state index contributed by atoms with van der Waals surface area (Å²) in [5.74, 6) is 0. The zero-order chi connectivity index (χ0) is 12.3. The normalized spacial score (nSPS) is 15.8. The first-order chi connectivity index (χ1) is 8.16. The van der Waals surface area contributed by atoms with Crippen LogP contribution in [0.15, 0.2) is 18.2 Å². The van der Waals surface area contributed by atoms with Crippen molar-refractivity contribution in [1.82, 2.24) is 10.2 Å². The van der Waals surface area contributed by atoms with Crippen molar-refractivity contribution in [2.75, 3.05) is 31.5 Å². The predicted molar refractivity (Wildman–Crippen MR) is 69.4 cm³/mol. The van der Waals surface area contributed by atoms with Crippen LogP contribution in [0, 0.1) is 13.8 Å². The summed E-state index contributed by atoms with van der Waals surface area (Å²) in [4.78, 5) is 13.8. The average molecular weight is 233 g/mol. The molecule has 1 saturated heterocycles. The van der Waals surface area contributed by atoms with Crippen LogP contribution in [0.4, 0.5) is 10.5 Å². The van der Waals surface area contributed by atoms with Crippen LogP contribution < -0.4 is 10.6 Å². The van der Waals surface area contributed by atoms with Crippen molar-refractivity contribution in [2.24, 2.45) is 0 Å². The number of benzene rings is 1. The maximum absolute atomic E-state index is 12.0. The number of carbonyl (C=O) groups excluding carboxylic acids is 1. The summed E-state index contributed by atoms with van der Waals surface area (Å²) in [5.41, 5.74) is 3.31. The van der Waals surface area contributed by atoms with E-state index >= 15 is 0 Å². The Hall–Kier alpha value is -1.55. The Morgan fingerprint density at radius 1 is 1.24 bits per heavy atom. The number of hydrogen-bond acceptors (Lipinski definition) is 2. The number of hydrogen-bond donors (Lipinski definition) is 2. The Bertz CT molecular complexity index is 411. The lowest BCUT2D eigenvalue weighted by Gasteiger charge is -2.27. The number of anilines is 1. The first-order valence-electron chi connectivity index (χ1n) is 6.01. The zero-order valence-electron chi connectivity index (χ0n) is 10.4. The second kappa shape index (κ2) is 5.19. The number of amides is 2. The molecule has 2 amide bonds. The number of piperazine rings is 1. The molecule has 1 aliphatic heterocycles. The molecule has 0 aliphatic carbocycles. The SMILES string of the molecule is Cc1ccc(NC(=O)N2CCNCC2)cc1C. The fourth-order valence-corrected chi connectivity index (χ4v) is 1.89. The Labute approximate surface area is 102 Å². The van der Waals surface area contributed by atoms with Gasteiger partial charge in [-0.25, -0.2) is 4.79 Å². The fraction of sp³-hybridized carbons (Fsp3) is 0.462. The molecule has 0 radical (unpaired) electrons. The molecule has 92 valence electrons. The van der Waals surface area contributed by atoms with Gasteiger partial charge < -0.3 is 15.5 Å². The molecule has 0 atom stereocenters. The minimum Gasteiger partial charge on any atom is -0.322 e. The molecule has 1 fully saturated rings. The minimum atomic E-state index is -0.00486. The molecule has 0 unspecified atom stereocenters. The Morgan fingerprint density at radius 2 is 1.94 bits per heavy atom. The summed E-state index contributed by atoms with van der Waals surface area (Å²) in [5, 5.41) is 6.17. The van der Waals surface area contributed by atoms with Crippen LogP contribution >= 0.6 is 0 Å². The number of aryl methyl sites for hydroxylation is 2. The van der Waals surface area contributed by atoms with Crippen LogP contribution in [0.5, 0.6) is 0 Å². The highest BCUT2D eigenvalue weighted by Gasteiger charge is 2.15. The van der Waals surface area contributed by atoms with Crippen molar-refractivity contribution in [3.63, 3.8) is 0 Å². The highest BCUT2D eigenvalue weighted by Crippen LogP contribution is 2.14. The monoisotopic (exact) mass is 233 g/mol. The van der Waals surface area contributed by atoms with E-state index in [1.165, 1.54) is 11.1 Å². The molecule has 1 aliphatic rings. The molecular formula is C13H19N3O. The van der Waals surface area contributed by atoms with Crippen molar-refractivity contribution in [2.45, 2.75) is 13.8 Å². The highest BCUT2D eigenvalue weighted by atomic mass is 16.2. The maximum Gasteiger partial charge on any atom is 0.321 e. The first kappa shape index (κ1) is 11.9. The number of carbonyl (C=O) groups is 1. The second-order valence-electron chi connectivity index (χ2n) is 4.47. The van der Waals surface area contributed by atoms with Crippen LogP contribution in [0.1, 0.15) is 11.1 Å². The van der Waals surface area contributed by atoms with Crippen molar-refractivity contribution in [3.05, 3.63) is 29.3 Å². The first-order valence-corrected chi connectivity index (χ1v) is 6.01. The van der Waals surface area contributed by atoms with E-state index in [9.17, 15) is 4.79 Å². The number of rotatable bonds is 1. The summed E-state index contributed by atoms with van der Waals surface area (Å²) in [6.45, 7) is 7.42. The quantitative estimate of drug-likeness (QED) is 0.776. The van der Waals surface area contributed by atoms with E-state index in [2.05, 4.69) is 24.5 Å².